The van der Waals surface area contributed by atoms with Gasteiger partial charge in [0.15, 0.2) is 0 Å². The number of amides is 3. The molecule has 7 nitrogen and oxygen atoms in total. The third-order valence-electron chi connectivity index (χ3n) is 8.35. The van der Waals surface area contributed by atoms with E-state index in [0.29, 0.717) is 25.9 Å². The Morgan fingerprint density at radius 3 is 2.54 bits per heavy atom. The standard InChI is InChI=1S/C29H39N3O4S/c1-7-14-30(6)25(34)22-23-26(35)32(16-9-17-33)24(29(23)13-12-28(22,5)37-29)27(36)31(15-8-2)21-18-19(3)10-11-20(21)4/h7-8,10-11,18,22-24,33H,1-2,9,12-17H2,3-6H3/t22-,23+,24?,28+,29?/m1/s1. The topological polar surface area (TPSA) is 81.2 Å². The van der Waals surface area contributed by atoms with Gasteiger partial charge in [-0.1, -0.05) is 24.3 Å². The van der Waals surface area contributed by atoms with Crippen LogP contribution in [0.3, 0.4) is 0 Å². The molecular formula is C29H39N3O4S. The monoisotopic (exact) mass is 525 g/mol. The number of anilines is 1. The number of carbonyl (C=O) groups excluding carboxylic acids is 3. The van der Waals surface area contributed by atoms with Crippen LogP contribution in [0.15, 0.2) is 43.5 Å². The smallest absolute Gasteiger partial charge is 0.251 e. The lowest BCUT2D eigenvalue weighted by Crippen LogP contribution is -2.55. The van der Waals surface area contributed by atoms with Crippen LogP contribution in [0.5, 0.6) is 0 Å². The van der Waals surface area contributed by atoms with Gasteiger partial charge in [0.05, 0.1) is 16.6 Å². The molecule has 5 atom stereocenters. The molecule has 1 N–H and O–H groups in total. The number of benzene rings is 1. The van der Waals surface area contributed by atoms with E-state index in [1.54, 1.807) is 45.7 Å². The van der Waals surface area contributed by atoms with Crippen LogP contribution in [-0.2, 0) is 14.4 Å². The molecule has 1 spiro atoms. The Morgan fingerprint density at radius 2 is 1.89 bits per heavy atom. The minimum absolute atomic E-state index is 0.0671. The molecule has 2 bridgehead atoms. The maximum atomic E-state index is 14.6. The molecule has 1 aromatic carbocycles. The van der Waals surface area contributed by atoms with Crippen molar-refractivity contribution in [2.24, 2.45) is 11.8 Å². The molecule has 4 rings (SSSR count). The second-order valence-corrected chi connectivity index (χ2v) is 12.8. The van der Waals surface area contributed by atoms with Crippen LogP contribution in [0.2, 0.25) is 0 Å². The summed E-state index contributed by atoms with van der Waals surface area (Å²) in [5, 5.41) is 9.60. The van der Waals surface area contributed by atoms with Crippen LogP contribution in [0.25, 0.3) is 0 Å². The average Bonchev–Trinajstić information content (AvgIpc) is 3.42. The highest BCUT2D eigenvalue weighted by atomic mass is 32.2. The van der Waals surface area contributed by atoms with Gasteiger partial charge in [-0.2, -0.15) is 0 Å². The number of likely N-dealkylation sites (N-methyl/N-ethyl adjacent to an activating group) is 1. The van der Waals surface area contributed by atoms with Crippen molar-refractivity contribution in [1.29, 1.82) is 0 Å². The minimum atomic E-state index is -0.717. The normalized spacial score (nSPS) is 29.8. The average molecular weight is 526 g/mol. The first kappa shape index (κ1) is 27.5. The quantitative estimate of drug-likeness (QED) is 0.474. The van der Waals surface area contributed by atoms with Crippen LogP contribution in [0, 0.1) is 25.7 Å². The predicted molar refractivity (Wildman–Crippen MR) is 148 cm³/mol. The van der Waals surface area contributed by atoms with Gasteiger partial charge in [-0.3, -0.25) is 14.4 Å². The molecule has 8 heteroatoms. The van der Waals surface area contributed by atoms with Crippen molar-refractivity contribution in [3.05, 3.63) is 54.6 Å². The zero-order chi connectivity index (χ0) is 27.1. The number of aryl methyl sites for hydroxylation is 2. The fraction of sp³-hybridized carbons (Fsp3) is 0.552. The zero-order valence-electron chi connectivity index (χ0n) is 22.4. The van der Waals surface area contributed by atoms with Crippen molar-refractivity contribution in [2.45, 2.75) is 55.6 Å². The summed E-state index contributed by atoms with van der Waals surface area (Å²) in [6, 6.07) is 5.30. The van der Waals surface area contributed by atoms with E-state index in [1.807, 2.05) is 32.0 Å². The number of aliphatic hydroxyl groups excluding tert-OH is 1. The number of hydrogen-bond acceptors (Lipinski definition) is 5. The number of nitrogens with zero attached hydrogens (tertiary/aromatic N) is 3. The van der Waals surface area contributed by atoms with Crippen molar-refractivity contribution in [3.63, 3.8) is 0 Å². The number of hydrogen-bond donors (Lipinski definition) is 1. The van der Waals surface area contributed by atoms with Gasteiger partial charge in [0.1, 0.15) is 6.04 Å². The number of fused-ring (bicyclic) bond motifs is 1. The maximum absolute atomic E-state index is 14.6. The lowest BCUT2D eigenvalue weighted by atomic mass is 9.66. The molecule has 1 aromatic rings. The Bertz CT molecular complexity index is 1120. The second kappa shape index (κ2) is 10.3. The highest BCUT2D eigenvalue weighted by Crippen LogP contribution is 2.71. The molecule has 2 unspecified atom stereocenters. The van der Waals surface area contributed by atoms with Crippen LogP contribution in [0.1, 0.15) is 37.3 Å². The Kier molecular flexibility index (Phi) is 7.64. The van der Waals surface area contributed by atoms with Gasteiger partial charge in [0.25, 0.3) is 5.91 Å². The first-order valence-electron chi connectivity index (χ1n) is 13.0. The van der Waals surface area contributed by atoms with Gasteiger partial charge in [-0.25, -0.2) is 0 Å². The van der Waals surface area contributed by atoms with E-state index in [2.05, 4.69) is 20.1 Å². The van der Waals surface area contributed by atoms with E-state index in [4.69, 9.17) is 0 Å². The summed E-state index contributed by atoms with van der Waals surface area (Å²) in [6.45, 7) is 14.6. The summed E-state index contributed by atoms with van der Waals surface area (Å²) in [5.74, 6) is -1.44. The molecule has 0 radical (unpaired) electrons. The summed E-state index contributed by atoms with van der Waals surface area (Å²) < 4.78 is -1.11. The predicted octanol–water partition coefficient (Wildman–Crippen LogP) is 3.33. The molecule has 3 saturated heterocycles. The molecule has 0 aromatic heterocycles. The summed E-state index contributed by atoms with van der Waals surface area (Å²) in [5.41, 5.74) is 2.81. The molecule has 0 saturated carbocycles. The molecule has 37 heavy (non-hydrogen) atoms. The van der Waals surface area contributed by atoms with Crippen molar-refractivity contribution < 1.29 is 19.5 Å². The highest BCUT2D eigenvalue weighted by Gasteiger charge is 2.77. The molecule has 200 valence electrons. The van der Waals surface area contributed by atoms with Gasteiger partial charge in [0.2, 0.25) is 11.8 Å². The van der Waals surface area contributed by atoms with Gasteiger partial charge in [-0.05, 0) is 57.2 Å². The Labute approximate surface area is 224 Å². The van der Waals surface area contributed by atoms with Crippen LogP contribution < -0.4 is 4.90 Å². The Balaban J connectivity index is 1.82. The van der Waals surface area contributed by atoms with E-state index in [-0.39, 0.29) is 30.9 Å². The lowest BCUT2D eigenvalue weighted by molar-refractivity contribution is -0.144. The van der Waals surface area contributed by atoms with Gasteiger partial charge in [0, 0.05) is 43.7 Å². The molecule has 3 heterocycles. The van der Waals surface area contributed by atoms with E-state index in [0.717, 1.165) is 23.2 Å². The largest absolute Gasteiger partial charge is 0.396 e. The van der Waals surface area contributed by atoms with Crippen LogP contribution in [0.4, 0.5) is 5.69 Å². The van der Waals surface area contributed by atoms with Crippen molar-refractivity contribution in [1.82, 2.24) is 9.80 Å². The Morgan fingerprint density at radius 1 is 1.19 bits per heavy atom. The second-order valence-electron chi connectivity index (χ2n) is 10.9. The molecular weight excluding hydrogens is 486 g/mol. The van der Waals surface area contributed by atoms with E-state index < -0.39 is 27.4 Å². The molecule has 3 fully saturated rings. The number of carbonyl (C=O) groups is 3. The van der Waals surface area contributed by atoms with E-state index >= 15 is 0 Å². The number of likely N-dealkylation sites (tertiary alicyclic amines) is 1. The summed E-state index contributed by atoms with van der Waals surface area (Å²) >= 11 is 1.67. The molecule has 0 aliphatic carbocycles. The third-order valence-corrected chi connectivity index (χ3v) is 10.3. The first-order valence-corrected chi connectivity index (χ1v) is 13.8. The SMILES string of the molecule is C=CCN(C)C(=O)[C@H]1[C@H]2C(=O)N(CCCO)C(C(=O)N(CC=C)c3cc(C)ccc3C)C23CC[C@]1(C)S3. The van der Waals surface area contributed by atoms with Gasteiger partial charge < -0.3 is 19.8 Å². The number of rotatable bonds is 10. The number of aliphatic hydroxyl groups is 1. The van der Waals surface area contributed by atoms with E-state index in [1.165, 1.54) is 0 Å². The first-order chi connectivity index (χ1) is 17.6. The molecule has 3 aliphatic rings. The van der Waals surface area contributed by atoms with Crippen molar-refractivity contribution >= 4 is 35.2 Å². The zero-order valence-corrected chi connectivity index (χ0v) is 23.2. The van der Waals surface area contributed by atoms with Crippen molar-refractivity contribution in [2.75, 3.05) is 38.2 Å². The fourth-order valence-electron chi connectivity index (χ4n) is 6.68. The summed E-state index contributed by atoms with van der Waals surface area (Å²) in [4.78, 5) is 47.4. The van der Waals surface area contributed by atoms with Crippen LogP contribution >= 0.6 is 11.8 Å². The van der Waals surface area contributed by atoms with Crippen LogP contribution in [-0.4, -0.2) is 81.5 Å². The Hall–Kier alpha value is -2.58. The minimum Gasteiger partial charge on any atom is -0.396 e. The van der Waals surface area contributed by atoms with E-state index in [9.17, 15) is 19.5 Å². The van der Waals surface area contributed by atoms with Gasteiger partial charge >= 0.3 is 0 Å². The van der Waals surface area contributed by atoms with Gasteiger partial charge in [-0.15, -0.1) is 24.9 Å². The molecule has 3 amide bonds. The summed E-state index contributed by atoms with van der Waals surface area (Å²) in [7, 11) is 1.74. The summed E-state index contributed by atoms with van der Waals surface area (Å²) in [6.07, 6.45) is 5.23. The lowest BCUT2D eigenvalue weighted by Gasteiger charge is -2.38. The van der Waals surface area contributed by atoms with Crippen molar-refractivity contribution in [3.8, 4) is 0 Å². The molecule has 3 aliphatic heterocycles. The maximum Gasteiger partial charge on any atom is 0.251 e. The fourth-order valence-corrected chi connectivity index (χ4v) is 9.02. The number of thioether (sulfide) groups is 1. The highest BCUT2D eigenvalue weighted by molar-refractivity contribution is 8.02. The third kappa shape index (κ3) is 4.32.